The zero-order chi connectivity index (χ0) is 22.2. The Bertz CT molecular complexity index is 1730. The predicted octanol–water partition coefficient (Wildman–Crippen LogP) is 9.12. The Balaban J connectivity index is 1.55. The lowest BCUT2D eigenvalue weighted by molar-refractivity contribution is 0.660. The minimum Gasteiger partial charge on any atom is -0.0619 e. The van der Waals surface area contributed by atoms with E-state index in [1.165, 1.54) is 65.7 Å². The molecule has 0 bridgehead atoms. The van der Waals surface area contributed by atoms with Gasteiger partial charge in [-0.15, -0.1) is 0 Å². The minimum absolute atomic E-state index is 0.0365. The molecular weight excluding hydrogens is 396 g/mol. The maximum atomic E-state index is 2.41. The molecule has 0 unspecified atom stereocenters. The van der Waals surface area contributed by atoms with Crippen molar-refractivity contribution in [2.24, 2.45) is 0 Å². The zero-order valence-electron chi connectivity index (χ0n) is 18.9. The van der Waals surface area contributed by atoms with Crippen LogP contribution in [0.5, 0.6) is 0 Å². The van der Waals surface area contributed by atoms with E-state index in [9.17, 15) is 0 Å². The van der Waals surface area contributed by atoms with E-state index in [0.717, 1.165) is 0 Å². The summed E-state index contributed by atoms with van der Waals surface area (Å²) in [5.41, 5.74) is 8.21. The molecule has 0 N–H and O–H groups in total. The number of fused-ring (bicyclic) bond motifs is 8. The first-order valence-corrected chi connectivity index (χ1v) is 11.7. The van der Waals surface area contributed by atoms with Crippen molar-refractivity contribution >= 4 is 32.3 Å². The molecule has 0 heteroatoms. The van der Waals surface area contributed by atoms with Gasteiger partial charge in [-0.25, -0.2) is 0 Å². The lowest BCUT2D eigenvalue weighted by Gasteiger charge is -2.21. The fraction of sp³-hybridized carbons (Fsp3) is 0.0909. The molecule has 0 aromatic heterocycles. The average Bonchev–Trinajstić information content (AvgIpc) is 3.09. The van der Waals surface area contributed by atoms with Crippen molar-refractivity contribution in [2.45, 2.75) is 19.3 Å². The molecule has 156 valence electrons. The van der Waals surface area contributed by atoms with E-state index in [4.69, 9.17) is 0 Å². The molecule has 6 aromatic rings. The summed E-state index contributed by atoms with van der Waals surface area (Å²) in [6, 6.07) is 40.5. The molecule has 0 aliphatic heterocycles. The second-order valence-electron chi connectivity index (χ2n) is 9.79. The van der Waals surface area contributed by atoms with Crippen LogP contribution in [0, 0.1) is 0 Å². The summed E-state index contributed by atoms with van der Waals surface area (Å²) < 4.78 is 0. The SMILES string of the molecule is CC1(C)c2ccccc2-c2cc(-c3cc4ccc5ccccc5c4c4ccccc34)ccc21. The van der Waals surface area contributed by atoms with E-state index in [0.29, 0.717) is 0 Å². The summed E-state index contributed by atoms with van der Waals surface area (Å²) in [5, 5.41) is 7.89. The van der Waals surface area contributed by atoms with Gasteiger partial charge in [-0.3, -0.25) is 0 Å². The maximum absolute atomic E-state index is 2.41. The number of hydrogen-bond donors (Lipinski definition) is 0. The summed E-state index contributed by atoms with van der Waals surface area (Å²) in [6.07, 6.45) is 0. The van der Waals surface area contributed by atoms with E-state index in [-0.39, 0.29) is 5.41 Å². The van der Waals surface area contributed by atoms with Crippen molar-refractivity contribution < 1.29 is 0 Å². The molecule has 0 saturated heterocycles. The van der Waals surface area contributed by atoms with Gasteiger partial charge in [0, 0.05) is 5.41 Å². The molecule has 33 heavy (non-hydrogen) atoms. The molecule has 0 nitrogen and oxygen atoms in total. The van der Waals surface area contributed by atoms with E-state index in [1.54, 1.807) is 0 Å². The number of hydrogen-bond acceptors (Lipinski definition) is 0. The molecule has 7 rings (SSSR count). The molecule has 0 radical (unpaired) electrons. The van der Waals surface area contributed by atoms with Gasteiger partial charge >= 0.3 is 0 Å². The maximum Gasteiger partial charge on any atom is 0.0158 e. The molecule has 0 amide bonds. The van der Waals surface area contributed by atoms with Gasteiger partial charge in [-0.1, -0.05) is 111 Å². The van der Waals surface area contributed by atoms with E-state index >= 15 is 0 Å². The highest BCUT2D eigenvalue weighted by atomic mass is 14.4. The van der Waals surface area contributed by atoms with Crippen LogP contribution in [0.2, 0.25) is 0 Å². The lowest BCUT2D eigenvalue weighted by Crippen LogP contribution is -2.14. The van der Waals surface area contributed by atoms with Crippen molar-refractivity contribution in [3.8, 4) is 22.3 Å². The predicted molar refractivity (Wildman–Crippen MR) is 142 cm³/mol. The van der Waals surface area contributed by atoms with Crippen molar-refractivity contribution in [3.63, 3.8) is 0 Å². The van der Waals surface area contributed by atoms with Crippen LogP contribution in [0.4, 0.5) is 0 Å². The molecule has 0 atom stereocenters. The molecule has 0 saturated carbocycles. The van der Waals surface area contributed by atoms with Gasteiger partial charge in [-0.05, 0) is 77.8 Å². The van der Waals surface area contributed by atoms with Crippen molar-refractivity contribution in [1.82, 2.24) is 0 Å². The van der Waals surface area contributed by atoms with Gasteiger partial charge in [0.25, 0.3) is 0 Å². The van der Waals surface area contributed by atoms with E-state index < -0.39 is 0 Å². The third-order valence-corrected chi connectivity index (χ3v) is 7.64. The largest absolute Gasteiger partial charge is 0.0619 e. The van der Waals surface area contributed by atoms with E-state index in [1.807, 2.05) is 0 Å². The van der Waals surface area contributed by atoms with Gasteiger partial charge in [0.15, 0.2) is 0 Å². The summed E-state index contributed by atoms with van der Waals surface area (Å²) in [5.74, 6) is 0. The molecule has 1 aliphatic rings. The standard InChI is InChI=1S/C33H24/c1-33(2)30-14-8-7-12-26(30)29-19-22(17-18-31(29)33)28-20-23-16-15-21-9-3-4-10-24(21)32(23)27-13-6-5-11-25(27)28/h3-20H,1-2H3. The topological polar surface area (TPSA) is 0 Å². The summed E-state index contributed by atoms with van der Waals surface area (Å²) >= 11 is 0. The first kappa shape index (κ1) is 18.7. The molecule has 0 fully saturated rings. The highest BCUT2D eigenvalue weighted by Gasteiger charge is 2.35. The molecule has 6 aromatic carbocycles. The van der Waals surface area contributed by atoms with Crippen LogP contribution in [0.3, 0.4) is 0 Å². The van der Waals surface area contributed by atoms with Gasteiger partial charge in [0.1, 0.15) is 0 Å². The van der Waals surface area contributed by atoms with Crippen LogP contribution in [0.15, 0.2) is 109 Å². The van der Waals surface area contributed by atoms with E-state index in [2.05, 4.69) is 123 Å². The summed E-state index contributed by atoms with van der Waals surface area (Å²) in [7, 11) is 0. The van der Waals surface area contributed by atoms with Gasteiger partial charge in [-0.2, -0.15) is 0 Å². The fourth-order valence-corrected chi connectivity index (χ4v) is 6.01. The third-order valence-electron chi connectivity index (χ3n) is 7.64. The van der Waals surface area contributed by atoms with Crippen LogP contribution in [0.1, 0.15) is 25.0 Å². The Hall–Kier alpha value is -3.90. The van der Waals surface area contributed by atoms with Crippen LogP contribution in [0.25, 0.3) is 54.6 Å². The van der Waals surface area contributed by atoms with Gasteiger partial charge in [0.2, 0.25) is 0 Å². The number of rotatable bonds is 1. The smallest absolute Gasteiger partial charge is 0.0158 e. The summed E-state index contributed by atoms with van der Waals surface area (Å²) in [4.78, 5) is 0. The highest BCUT2D eigenvalue weighted by molar-refractivity contribution is 6.23. The minimum atomic E-state index is 0.0365. The first-order valence-electron chi connectivity index (χ1n) is 11.7. The Kier molecular flexibility index (Phi) is 3.71. The van der Waals surface area contributed by atoms with Crippen molar-refractivity contribution in [1.29, 1.82) is 0 Å². The zero-order valence-corrected chi connectivity index (χ0v) is 18.9. The van der Waals surface area contributed by atoms with Crippen molar-refractivity contribution in [2.75, 3.05) is 0 Å². The Labute approximate surface area is 194 Å². The van der Waals surface area contributed by atoms with Gasteiger partial charge in [0.05, 0.1) is 0 Å². The molecule has 0 heterocycles. The highest BCUT2D eigenvalue weighted by Crippen LogP contribution is 2.50. The Morgan fingerprint density at radius 1 is 0.455 bits per heavy atom. The molecular formula is C33H24. The lowest BCUT2D eigenvalue weighted by atomic mass is 9.82. The Morgan fingerprint density at radius 3 is 2.00 bits per heavy atom. The molecule has 0 spiro atoms. The number of benzene rings is 6. The normalized spacial score (nSPS) is 14.0. The molecule has 1 aliphatic carbocycles. The van der Waals surface area contributed by atoms with Crippen molar-refractivity contribution in [3.05, 3.63) is 120 Å². The van der Waals surface area contributed by atoms with Crippen LogP contribution < -0.4 is 0 Å². The van der Waals surface area contributed by atoms with Gasteiger partial charge < -0.3 is 0 Å². The second-order valence-corrected chi connectivity index (χ2v) is 9.79. The monoisotopic (exact) mass is 420 g/mol. The van der Waals surface area contributed by atoms with Crippen LogP contribution in [-0.4, -0.2) is 0 Å². The van der Waals surface area contributed by atoms with Crippen LogP contribution in [-0.2, 0) is 5.41 Å². The second kappa shape index (κ2) is 6.56. The Morgan fingerprint density at radius 2 is 1.12 bits per heavy atom. The van der Waals surface area contributed by atoms with Crippen LogP contribution >= 0.6 is 0 Å². The first-order chi connectivity index (χ1) is 16.1. The third kappa shape index (κ3) is 2.52. The quantitative estimate of drug-likeness (QED) is 0.233. The average molecular weight is 421 g/mol. The summed E-state index contributed by atoms with van der Waals surface area (Å²) in [6.45, 7) is 4.68. The fourth-order valence-electron chi connectivity index (χ4n) is 6.01.